The van der Waals surface area contributed by atoms with E-state index < -0.39 is 0 Å². The first-order valence-corrected chi connectivity index (χ1v) is 5.85. The largest absolute Gasteiger partial charge is 0.267 e. The van der Waals surface area contributed by atoms with Gasteiger partial charge in [-0.05, 0) is 39.4 Å². The molecular formula is C12H9IN2. The van der Waals surface area contributed by atoms with E-state index in [9.17, 15) is 0 Å². The van der Waals surface area contributed by atoms with E-state index in [1.165, 1.54) is 21.7 Å². The van der Waals surface area contributed by atoms with Crippen LogP contribution in [0.1, 0.15) is 0 Å². The summed E-state index contributed by atoms with van der Waals surface area (Å²) in [5.41, 5.74) is 1.19. The lowest BCUT2D eigenvalue weighted by atomic mass is 10.1. The summed E-state index contributed by atoms with van der Waals surface area (Å²) in [6, 6.07) is 12.7. The molecule has 0 N–H and O–H groups in total. The SMILES string of the molecule is Cn1nc(I)c2c3ccccc3ccc21. The first-order chi connectivity index (χ1) is 7.27. The van der Waals surface area contributed by atoms with Gasteiger partial charge in [-0.1, -0.05) is 30.3 Å². The highest BCUT2D eigenvalue weighted by Crippen LogP contribution is 2.28. The normalized spacial score (nSPS) is 11.3. The molecule has 0 fully saturated rings. The molecule has 0 saturated carbocycles. The van der Waals surface area contributed by atoms with Crippen LogP contribution in [-0.4, -0.2) is 9.78 Å². The van der Waals surface area contributed by atoms with Crippen LogP contribution in [0.5, 0.6) is 0 Å². The number of rotatable bonds is 0. The monoisotopic (exact) mass is 308 g/mol. The quantitative estimate of drug-likeness (QED) is 0.583. The van der Waals surface area contributed by atoms with Crippen LogP contribution in [0.4, 0.5) is 0 Å². The molecule has 3 aromatic rings. The molecule has 0 aliphatic rings. The van der Waals surface area contributed by atoms with Crippen molar-refractivity contribution < 1.29 is 0 Å². The van der Waals surface area contributed by atoms with Gasteiger partial charge in [-0.2, -0.15) is 5.10 Å². The maximum atomic E-state index is 4.44. The molecule has 3 heteroatoms. The van der Waals surface area contributed by atoms with E-state index in [4.69, 9.17) is 0 Å². The maximum absolute atomic E-state index is 4.44. The van der Waals surface area contributed by atoms with Crippen LogP contribution in [0.3, 0.4) is 0 Å². The number of aryl methyl sites for hydroxylation is 1. The van der Waals surface area contributed by atoms with Crippen molar-refractivity contribution in [2.75, 3.05) is 0 Å². The Morgan fingerprint density at radius 3 is 2.80 bits per heavy atom. The highest BCUT2D eigenvalue weighted by atomic mass is 127. The van der Waals surface area contributed by atoms with Crippen molar-refractivity contribution >= 4 is 44.3 Å². The smallest absolute Gasteiger partial charge is 0.131 e. The van der Waals surface area contributed by atoms with Gasteiger partial charge in [0.1, 0.15) is 3.70 Å². The summed E-state index contributed by atoms with van der Waals surface area (Å²) in [7, 11) is 1.99. The Balaban J connectivity index is 2.64. The summed E-state index contributed by atoms with van der Waals surface area (Å²) < 4.78 is 3.01. The van der Waals surface area contributed by atoms with E-state index in [-0.39, 0.29) is 0 Å². The molecule has 0 unspecified atom stereocenters. The van der Waals surface area contributed by atoms with E-state index >= 15 is 0 Å². The van der Waals surface area contributed by atoms with Gasteiger partial charge in [0.05, 0.1) is 5.52 Å². The zero-order valence-electron chi connectivity index (χ0n) is 8.24. The van der Waals surface area contributed by atoms with E-state index in [0.29, 0.717) is 0 Å². The molecule has 0 saturated heterocycles. The fourth-order valence-electron chi connectivity index (χ4n) is 1.98. The van der Waals surface area contributed by atoms with Crippen molar-refractivity contribution in [2.45, 2.75) is 0 Å². The summed E-state index contributed by atoms with van der Waals surface area (Å²) in [6.07, 6.45) is 0. The number of hydrogen-bond donors (Lipinski definition) is 0. The third kappa shape index (κ3) is 1.26. The molecule has 1 heterocycles. The molecule has 15 heavy (non-hydrogen) atoms. The maximum Gasteiger partial charge on any atom is 0.131 e. The van der Waals surface area contributed by atoms with Gasteiger partial charge >= 0.3 is 0 Å². The van der Waals surface area contributed by atoms with E-state index in [1.807, 2.05) is 11.7 Å². The number of nitrogens with zero attached hydrogens (tertiary/aromatic N) is 2. The van der Waals surface area contributed by atoms with Gasteiger partial charge in [0.2, 0.25) is 0 Å². The number of fused-ring (bicyclic) bond motifs is 3. The highest BCUT2D eigenvalue weighted by Gasteiger charge is 2.08. The Morgan fingerprint density at radius 2 is 1.93 bits per heavy atom. The minimum Gasteiger partial charge on any atom is -0.267 e. The predicted octanol–water partition coefficient (Wildman–Crippen LogP) is 3.33. The first kappa shape index (κ1) is 9.15. The van der Waals surface area contributed by atoms with Crippen molar-refractivity contribution in [3.05, 3.63) is 40.1 Å². The fourth-order valence-corrected chi connectivity index (χ4v) is 2.87. The Bertz CT molecular complexity index is 655. The van der Waals surface area contributed by atoms with Gasteiger partial charge in [-0.3, -0.25) is 4.68 Å². The summed E-state index contributed by atoms with van der Waals surface area (Å²) in [5.74, 6) is 0. The molecule has 0 spiro atoms. The van der Waals surface area contributed by atoms with Crippen LogP contribution in [0.15, 0.2) is 36.4 Å². The Labute approximate surface area is 101 Å². The summed E-state index contributed by atoms with van der Waals surface area (Å²) in [6.45, 7) is 0. The van der Waals surface area contributed by atoms with Crippen LogP contribution in [0.25, 0.3) is 21.7 Å². The van der Waals surface area contributed by atoms with Crippen LogP contribution in [-0.2, 0) is 7.05 Å². The Hall–Kier alpha value is -1.10. The second-order valence-corrected chi connectivity index (χ2v) is 4.62. The zero-order chi connectivity index (χ0) is 10.4. The third-order valence-electron chi connectivity index (χ3n) is 2.70. The lowest BCUT2D eigenvalue weighted by molar-refractivity contribution is 0.787. The molecule has 2 nitrogen and oxygen atoms in total. The van der Waals surface area contributed by atoms with Crippen molar-refractivity contribution in [1.82, 2.24) is 9.78 Å². The minimum atomic E-state index is 1.07. The van der Waals surface area contributed by atoms with Crippen LogP contribution < -0.4 is 0 Å². The van der Waals surface area contributed by atoms with Gasteiger partial charge in [0.25, 0.3) is 0 Å². The molecule has 0 aliphatic carbocycles. The molecule has 0 bridgehead atoms. The van der Waals surface area contributed by atoms with E-state index in [0.717, 1.165) is 3.70 Å². The summed E-state index contributed by atoms with van der Waals surface area (Å²) >= 11 is 2.30. The number of aromatic nitrogens is 2. The summed E-state index contributed by atoms with van der Waals surface area (Å²) in [5, 5.41) is 8.26. The second kappa shape index (κ2) is 3.20. The van der Waals surface area contributed by atoms with Crippen LogP contribution in [0, 0.1) is 3.70 Å². The van der Waals surface area contributed by atoms with Crippen LogP contribution in [0.2, 0.25) is 0 Å². The number of hydrogen-bond acceptors (Lipinski definition) is 1. The lowest BCUT2D eigenvalue weighted by Crippen LogP contribution is -1.88. The molecule has 0 amide bonds. The third-order valence-corrected chi connectivity index (χ3v) is 3.45. The Kier molecular flexibility index (Phi) is 1.95. The highest BCUT2D eigenvalue weighted by molar-refractivity contribution is 14.1. The molecule has 74 valence electrons. The average molecular weight is 308 g/mol. The lowest BCUT2D eigenvalue weighted by Gasteiger charge is -1.99. The number of benzene rings is 2. The molecule has 1 aromatic heterocycles. The molecule has 0 aliphatic heterocycles. The van der Waals surface area contributed by atoms with Crippen molar-refractivity contribution in [1.29, 1.82) is 0 Å². The first-order valence-electron chi connectivity index (χ1n) is 4.77. The summed E-state index contributed by atoms with van der Waals surface area (Å²) in [4.78, 5) is 0. The van der Waals surface area contributed by atoms with E-state index in [1.54, 1.807) is 0 Å². The Morgan fingerprint density at radius 1 is 1.13 bits per heavy atom. The van der Waals surface area contributed by atoms with Crippen molar-refractivity contribution in [2.24, 2.45) is 7.05 Å². The zero-order valence-corrected chi connectivity index (χ0v) is 10.4. The van der Waals surface area contributed by atoms with Crippen LogP contribution >= 0.6 is 22.6 Å². The van der Waals surface area contributed by atoms with Gasteiger partial charge in [0.15, 0.2) is 0 Å². The molecule has 0 atom stereocenters. The topological polar surface area (TPSA) is 17.8 Å². The van der Waals surface area contributed by atoms with Crippen molar-refractivity contribution in [3.63, 3.8) is 0 Å². The van der Waals surface area contributed by atoms with Gasteiger partial charge < -0.3 is 0 Å². The minimum absolute atomic E-state index is 1.07. The fraction of sp³-hybridized carbons (Fsp3) is 0.0833. The predicted molar refractivity (Wildman–Crippen MR) is 70.9 cm³/mol. The molecule has 3 rings (SSSR count). The van der Waals surface area contributed by atoms with Crippen molar-refractivity contribution in [3.8, 4) is 0 Å². The average Bonchev–Trinajstić information content (AvgIpc) is 2.55. The second-order valence-electron chi connectivity index (χ2n) is 3.60. The molecule has 0 radical (unpaired) electrons. The van der Waals surface area contributed by atoms with Gasteiger partial charge in [-0.15, -0.1) is 0 Å². The molecule has 2 aromatic carbocycles. The van der Waals surface area contributed by atoms with E-state index in [2.05, 4.69) is 64.1 Å². The van der Waals surface area contributed by atoms with Gasteiger partial charge in [-0.25, -0.2) is 0 Å². The van der Waals surface area contributed by atoms with Gasteiger partial charge in [0, 0.05) is 12.4 Å². The standard InChI is InChI=1S/C12H9IN2/c1-15-10-7-6-8-4-2-3-5-9(8)11(10)12(13)14-15/h2-7H,1H3. The molecular weight excluding hydrogens is 299 g/mol. The number of halogens is 1.